The van der Waals surface area contributed by atoms with Crippen molar-refractivity contribution >= 4 is 17.9 Å². The minimum Gasteiger partial charge on any atom is -0.464 e. The highest BCUT2D eigenvalue weighted by Crippen LogP contribution is 2.12. The van der Waals surface area contributed by atoms with E-state index in [1.165, 1.54) is 103 Å². The first-order chi connectivity index (χ1) is 20.5. The number of hydrogen-bond donors (Lipinski definition) is 3. The van der Waals surface area contributed by atoms with Crippen molar-refractivity contribution in [1.29, 1.82) is 0 Å². The van der Waals surface area contributed by atoms with Crippen molar-refractivity contribution in [3.63, 3.8) is 0 Å². The molecule has 0 saturated heterocycles. The Labute approximate surface area is 259 Å². The molecule has 0 aliphatic rings. The molecule has 0 fully saturated rings. The number of carbonyl (C=O) groups excluding carboxylic acids is 3. The molecule has 0 aromatic rings. The topological polar surface area (TPSA) is 96.5 Å². The predicted molar refractivity (Wildman–Crippen MR) is 177 cm³/mol. The Morgan fingerprint density at radius 3 is 1.45 bits per heavy atom. The van der Waals surface area contributed by atoms with Gasteiger partial charge in [-0.1, -0.05) is 142 Å². The molecule has 42 heavy (non-hydrogen) atoms. The van der Waals surface area contributed by atoms with Gasteiger partial charge in [0.25, 0.3) is 0 Å². The second kappa shape index (κ2) is 32.1. The van der Waals surface area contributed by atoms with Gasteiger partial charge in [-0.2, -0.15) is 0 Å². The normalized spacial score (nSPS) is 11.7. The van der Waals surface area contributed by atoms with Crippen LogP contribution < -0.4 is 16.0 Å². The van der Waals surface area contributed by atoms with E-state index in [2.05, 4.69) is 29.8 Å². The summed E-state index contributed by atoms with van der Waals surface area (Å²) in [6.45, 7) is 7.85. The Bertz CT molecular complexity index is 629. The summed E-state index contributed by atoms with van der Waals surface area (Å²) < 4.78 is 5.18. The molecule has 0 spiro atoms. The Kier molecular flexibility index (Phi) is 30.8. The van der Waals surface area contributed by atoms with Gasteiger partial charge >= 0.3 is 12.0 Å². The molecule has 0 unspecified atom stereocenters. The van der Waals surface area contributed by atoms with Crippen molar-refractivity contribution in [3.05, 3.63) is 0 Å². The standard InChI is InChI=1S/C35H69N3O4/c1-4-7-9-11-13-15-17-19-21-25-29-33(39)36-30-27-23-24-28-32(34(40)42-6-3)38-35(41)37-31-26-22-20-18-16-14-12-10-8-5-2/h32H,4-31H2,1-3H3,(H,36,39)(H2,37,38,41)/t32-/m0/s1. The second-order valence-electron chi connectivity index (χ2n) is 12.0. The maximum atomic E-state index is 12.4. The number of esters is 1. The van der Waals surface area contributed by atoms with Crippen molar-refractivity contribution < 1.29 is 19.1 Å². The summed E-state index contributed by atoms with van der Waals surface area (Å²) in [5.41, 5.74) is 0. The van der Waals surface area contributed by atoms with Gasteiger partial charge in [-0.25, -0.2) is 9.59 Å². The predicted octanol–water partition coefficient (Wildman–Crippen LogP) is 9.13. The summed E-state index contributed by atoms with van der Waals surface area (Å²) in [6.07, 6.45) is 28.9. The highest BCUT2D eigenvalue weighted by atomic mass is 16.5. The van der Waals surface area contributed by atoms with Crippen LogP contribution in [0.4, 0.5) is 4.79 Å². The number of amides is 3. The van der Waals surface area contributed by atoms with Gasteiger partial charge in [-0.15, -0.1) is 0 Å². The Morgan fingerprint density at radius 2 is 0.952 bits per heavy atom. The number of urea groups is 1. The van der Waals surface area contributed by atoms with Gasteiger partial charge in [0.1, 0.15) is 6.04 Å². The zero-order chi connectivity index (χ0) is 30.9. The maximum Gasteiger partial charge on any atom is 0.328 e. The van der Waals surface area contributed by atoms with Gasteiger partial charge in [0.2, 0.25) is 5.91 Å². The first kappa shape index (κ1) is 40.2. The molecule has 0 radical (unpaired) electrons. The first-order valence-electron chi connectivity index (χ1n) is 18.0. The first-order valence-corrected chi connectivity index (χ1v) is 18.0. The highest BCUT2D eigenvalue weighted by molar-refractivity contribution is 5.83. The van der Waals surface area contributed by atoms with Gasteiger partial charge in [0.05, 0.1) is 6.61 Å². The summed E-state index contributed by atoms with van der Waals surface area (Å²) in [5.74, 6) is -0.240. The van der Waals surface area contributed by atoms with Crippen molar-refractivity contribution in [2.75, 3.05) is 19.7 Å². The van der Waals surface area contributed by atoms with Crippen molar-refractivity contribution in [2.24, 2.45) is 0 Å². The smallest absolute Gasteiger partial charge is 0.328 e. The van der Waals surface area contributed by atoms with E-state index in [1.807, 2.05) is 0 Å². The maximum absolute atomic E-state index is 12.4. The second-order valence-corrected chi connectivity index (χ2v) is 12.0. The average molecular weight is 596 g/mol. The van der Waals surface area contributed by atoms with Crippen LogP contribution in [-0.2, 0) is 14.3 Å². The lowest BCUT2D eigenvalue weighted by molar-refractivity contribution is -0.145. The number of rotatable bonds is 31. The molecule has 0 saturated carbocycles. The molecule has 0 aliphatic heterocycles. The summed E-state index contributed by atoms with van der Waals surface area (Å²) in [7, 11) is 0. The molecule has 0 rings (SSSR count). The number of unbranched alkanes of at least 4 members (excludes halogenated alkanes) is 20. The number of nitrogens with one attached hydrogen (secondary N) is 3. The minimum absolute atomic E-state index is 0.139. The average Bonchev–Trinajstić information content (AvgIpc) is 2.98. The van der Waals surface area contributed by atoms with Crippen molar-refractivity contribution in [3.8, 4) is 0 Å². The molecule has 0 bridgehead atoms. The number of ether oxygens (including phenoxy) is 1. The molecule has 7 nitrogen and oxygen atoms in total. The fourth-order valence-electron chi connectivity index (χ4n) is 5.25. The lowest BCUT2D eigenvalue weighted by Gasteiger charge is -2.18. The van der Waals surface area contributed by atoms with Gasteiger partial charge in [-0.05, 0) is 32.6 Å². The molecule has 3 amide bonds. The van der Waals surface area contributed by atoms with Crippen LogP contribution in [0.3, 0.4) is 0 Å². The summed E-state index contributed by atoms with van der Waals surface area (Å²) in [4.78, 5) is 36.8. The number of carbonyl (C=O) groups is 3. The van der Waals surface area contributed by atoms with Gasteiger partial charge < -0.3 is 20.7 Å². The lowest BCUT2D eigenvalue weighted by Crippen LogP contribution is -2.46. The molecule has 1 atom stereocenters. The van der Waals surface area contributed by atoms with E-state index < -0.39 is 6.04 Å². The Morgan fingerprint density at radius 1 is 0.524 bits per heavy atom. The van der Waals surface area contributed by atoms with E-state index in [9.17, 15) is 14.4 Å². The monoisotopic (exact) mass is 596 g/mol. The van der Waals surface area contributed by atoms with E-state index >= 15 is 0 Å². The van der Waals surface area contributed by atoms with Crippen LogP contribution in [0.5, 0.6) is 0 Å². The van der Waals surface area contributed by atoms with Crippen LogP contribution in [0, 0.1) is 0 Å². The Hall–Kier alpha value is -1.79. The third-order valence-electron chi connectivity index (χ3n) is 7.94. The van der Waals surface area contributed by atoms with Crippen LogP contribution in [0.25, 0.3) is 0 Å². The lowest BCUT2D eigenvalue weighted by atomic mass is 10.1. The third-order valence-corrected chi connectivity index (χ3v) is 7.94. The van der Waals surface area contributed by atoms with Gasteiger partial charge in [0.15, 0.2) is 0 Å². The van der Waals surface area contributed by atoms with E-state index in [4.69, 9.17) is 4.74 Å². The molecule has 7 heteroatoms. The fourth-order valence-corrected chi connectivity index (χ4v) is 5.25. The molecule has 0 aromatic heterocycles. The van der Waals surface area contributed by atoms with Crippen molar-refractivity contribution in [2.45, 2.75) is 187 Å². The minimum atomic E-state index is -0.636. The quantitative estimate of drug-likeness (QED) is 0.0550. The van der Waals surface area contributed by atoms with E-state index in [0.717, 1.165) is 44.9 Å². The molecule has 0 aliphatic carbocycles. The van der Waals surface area contributed by atoms with E-state index in [-0.39, 0.29) is 17.9 Å². The van der Waals surface area contributed by atoms with Crippen LogP contribution in [0.15, 0.2) is 0 Å². The van der Waals surface area contributed by atoms with E-state index in [1.54, 1.807) is 6.92 Å². The molecule has 0 aromatic carbocycles. The highest BCUT2D eigenvalue weighted by Gasteiger charge is 2.21. The molecular formula is C35H69N3O4. The SMILES string of the molecule is CCCCCCCCCCCCNC(=O)N[C@@H](CCCCCNC(=O)CCCCCCCCCCCC)C(=O)OCC. The zero-order valence-corrected chi connectivity index (χ0v) is 28.0. The molecule has 3 N–H and O–H groups in total. The third kappa shape index (κ3) is 28.3. The Balaban J connectivity index is 3.84. The largest absolute Gasteiger partial charge is 0.464 e. The van der Waals surface area contributed by atoms with E-state index in [0.29, 0.717) is 32.5 Å². The molecule has 248 valence electrons. The molecule has 0 heterocycles. The van der Waals surface area contributed by atoms with Gasteiger partial charge in [-0.3, -0.25) is 4.79 Å². The summed E-state index contributed by atoms with van der Waals surface area (Å²) in [5, 5.41) is 8.72. The number of hydrogen-bond acceptors (Lipinski definition) is 4. The zero-order valence-electron chi connectivity index (χ0n) is 28.0. The summed E-state index contributed by atoms with van der Waals surface area (Å²) in [6, 6.07) is -0.938. The van der Waals surface area contributed by atoms with Crippen molar-refractivity contribution in [1.82, 2.24) is 16.0 Å². The summed E-state index contributed by atoms with van der Waals surface area (Å²) >= 11 is 0. The van der Waals surface area contributed by atoms with Crippen LogP contribution >= 0.6 is 0 Å². The van der Waals surface area contributed by atoms with Crippen LogP contribution in [0.2, 0.25) is 0 Å². The van der Waals surface area contributed by atoms with Gasteiger partial charge in [0, 0.05) is 19.5 Å². The van der Waals surface area contributed by atoms with Crippen LogP contribution in [0.1, 0.15) is 181 Å². The molecular weight excluding hydrogens is 526 g/mol. The fraction of sp³-hybridized carbons (Fsp3) is 0.914. The van der Waals surface area contributed by atoms with Crippen LogP contribution in [-0.4, -0.2) is 43.6 Å².